The Morgan fingerprint density at radius 3 is 2.69 bits per heavy atom. The number of nitrogens with zero attached hydrogens (tertiary/aromatic N) is 3. The van der Waals surface area contributed by atoms with Crippen LogP contribution in [-0.4, -0.2) is 44.8 Å². The summed E-state index contributed by atoms with van der Waals surface area (Å²) in [5.74, 6) is 2.96. The molecule has 2 aromatic rings. The number of halogens is 1. The molecule has 0 bridgehead atoms. The smallest absolute Gasteiger partial charge is 0.233 e. The molecule has 0 radical (unpaired) electrons. The first-order valence-electron chi connectivity index (χ1n) is 8.70. The highest BCUT2D eigenvalue weighted by molar-refractivity contribution is 7.99. The second kappa shape index (κ2) is 8.77. The Morgan fingerprint density at radius 2 is 2.00 bits per heavy atom. The van der Waals surface area contributed by atoms with Gasteiger partial charge in [0.05, 0.1) is 5.75 Å². The van der Waals surface area contributed by atoms with E-state index in [0.717, 1.165) is 13.1 Å². The van der Waals surface area contributed by atoms with Crippen LogP contribution in [0.3, 0.4) is 0 Å². The minimum absolute atomic E-state index is 0.150. The lowest BCUT2D eigenvalue weighted by atomic mass is 9.92. The van der Waals surface area contributed by atoms with Gasteiger partial charge in [0.1, 0.15) is 12.4 Å². The fourth-order valence-electron chi connectivity index (χ4n) is 3.17. The molecule has 2 heterocycles. The average molecular weight is 395 g/mol. The molecule has 1 fully saturated rings. The second-order valence-electron chi connectivity index (χ2n) is 6.84. The predicted molar refractivity (Wildman–Crippen MR) is 102 cm³/mol. The van der Waals surface area contributed by atoms with Crippen LogP contribution >= 0.6 is 23.4 Å². The van der Waals surface area contributed by atoms with Crippen molar-refractivity contribution in [3.63, 3.8) is 0 Å². The Morgan fingerprint density at radius 1 is 1.31 bits per heavy atom. The summed E-state index contributed by atoms with van der Waals surface area (Å²) in [4.78, 5) is 18.7. The van der Waals surface area contributed by atoms with Crippen molar-refractivity contribution in [3.8, 4) is 5.75 Å². The number of H-pyrrole nitrogens is 1. The summed E-state index contributed by atoms with van der Waals surface area (Å²) in [6.07, 6.45) is 1.19. The van der Waals surface area contributed by atoms with Crippen LogP contribution < -0.4 is 4.74 Å². The monoisotopic (exact) mass is 394 g/mol. The molecule has 6 nitrogen and oxygen atoms in total. The molecule has 2 unspecified atom stereocenters. The van der Waals surface area contributed by atoms with Crippen molar-refractivity contribution in [1.82, 2.24) is 20.1 Å². The maximum absolute atomic E-state index is 12.4. The van der Waals surface area contributed by atoms with E-state index in [1.54, 1.807) is 24.3 Å². The summed E-state index contributed by atoms with van der Waals surface area (Å²) in [5.41, 5.74) is 0. The van der Waals surface area contributed by atoms with Gasteiger partial charge in [-0.2, -0.15) is 0 Å². The molecule has 8 heteroatoms. The lowest BCUT2D eigenvalue weighted by Crippen LogP contribution is -2.43. The molecule has 1 aliphatic rings. The Kier molecular flexibility index (Phi) is 6.43. The summed E-state index contributed by atoms with van der Waals surface area (Å²) in [6, 6.07) is 7.14. The van der Waals surface area contributed by atoms with Crippen LogP contribution in [0.15, 0.2) is 29.4 Å². The summed E-state index contributed by atoms with van der Waals surface area (Å²) in [6.45, 7) is 6.37. The van der Waals surface area contributed by atoms with Gasteiger partial charge in [-0.1, -0.05) is 37.2 Å². The zero-order valence-corrected chi connectivity index (χ0v) is 16.5. The summed E-state index contributed by atoms with van der Waals surface area (Å²) in [7, 11) is 0. The van der Waals surface area contributed by atoms with Gasteiger partial charge >= 0.3 is 0 Å². The zero-order chi connectivity index (χ0) is 18.5. The molecule has 0 aliphatic carbocycles. The van der Waals surface area contributed by atoms with Crippen molar-refractivity contribution >= 4 is 29.3 Å². The van der Waals surface area contributed by atoms with Crippen molar-refractivity contribution in [2.75, 3.05) is 18.8 Å². The van der Waals surface area contributed by atoms with Gasteiger partial charge in [0, 0.05) is 18.1 Å². The Bertz CT molecular complexity index is 727. The molecule has 1 amide bonds. The van der Waals surface area contributed by atoms with Gasteiger partial charge in [-0.3, -0.25) is 9.89 Å². The fraction of sp³-hybridized carbons (Fsp3) is 0.500. The lowest BCUT2D eigenvalue weighted by Gasteiger charge is -2.34. The molecular weight excluding hydrogens is 372 g/mol. The van der Waals surface area contributed by atoms with Gasteiger partial charge in [-0.15, -0.1) is 5.10 Å². The number of carbonyl (C=O) groups is 1. The van der Waals surface area contributed by atoms with Crippen LogP contribution in [0.5, 0.6) is 5.75 Å². The maximum Gasteiger partial charge on any atom is 0.233 e. The van der Waals surface area contributed by atoms with E-state index in [2.05, 4.69) is 29.0 Å². The van der Waals surface area contributed by atoms with Crippen molar-refractivity contribution in [1.29, 1.82) is 0 Å². The standard InChI is InChI=1S/C18H23ClN4O2S/c1-12-7-13(2)9-23(8-12)17(24)11-26-18-20-16(21-22-18)10-25-15-5-3-14(19)4-6-15/h3-6,12-13H,7-11H2,1-2H3,(H,20,21,22). The van der Waals surface area contributed by atoms with Gasteiger partial charge in [0.15, 0.2) is 5.82 Å². The summed E-state index contributed by atoms with van der Waals surface area (Å²) >= 11 is 7.20. The van der Waals surface area contributed by atoms with Crippen molar-refractivity contribution in [2.45, 2.75) is 32.0 Å². The molecule has 0 spiro atoms. The third-order valence-electron chi connectivity index (χ3n) is 4.25. The van der Waals surface area contributed by atoms with E-state index in [9.17, 15) is 4.79 Å². The Balaban J connectivity index is 1.46. The normalized spacial score (nSPS) is 20.2. The number of amides is 1. The van der Waals surface area contributed by atoms with Crippen molar-refractivity contribution < 1.29 is 9.53 Å². The first kappa shape index (κ1) is 19.0. The Labute approximate surface area is 162 Å². The minimum atomic E-state index is 0.150. The third kappa shape index (κ3) is 5.38. The largest absolute Gasteiger partial charge is 0.486 e. The van der Waals surface area contributed by atoms with Crippen molar-refractivity contribution in [3.05, 3.63) is 35.1 Å². The van der Waals surface area contributed by atoms with Crippen LogP contribution in [0.2, 0.25) is 5.02 Å². The number of aromatic amines is 1. The number of nitrogens with one attached hydrogen (secondary N) is 1. The van der Waals surface area contributed by atoms with E-state index in [0.29, 0.717) is 39.3 Å². The number of hydrogen-bond acceptors (Lipinski definition) is 5. The molecule has 1 N–H and O–H groups in total. The molecule has 0 saturated carbocycles. The molecule has 1 aromatic carbocycles. The summed E-state index contributed by atoms with van der Waals surface area (Å²) in [5, 5.41) is 8.22. The van der Waals surface area contributed by atoms with Crippen LogP contribution in [-0.2, 0) is 11.4 Å². The molecule has 1 aromatic heterocycles. The van der Waals surface area contributed by atoms with Crippen LogP contribution in [0, 0.1) is 11.8 Å². The molecule has 26 heavy (non-hydrogen) atoms. The SMILES string of the molecule is CC1CC(C)CN(C(=O)CSc2n[nH]c(COc3ccc(Cl)cc3)n2)C1. The second-order valence-corrected chi connectivity index (χ2v) is 8.22. The highest BCUT2D eigenvalue weighted by Crippen LogP contribution is 2.22. The van der Waals surface area contributed by atoms with E-state index >= 15 is 0 Å². The maximum atomic E-state index is 12.4. The van der Waals surface area contributed by atoms with Crippen LogP contribution in [0.4, 0.5) is 0 Å². The van der Waals surface area contributed by atoms with E-state index in [4.69, 9.17) is 16.3 Å². The number of rotatable bonds is 6. The number of likely N-dealkylation sites (tertiary alicyclic amines) is 1. The number of aromatic nitrogens is 3. The molecule has 1 aliphatic heterocycles. The number of piperidine rings is 1. The average Bonchev–Trinajstić information content (AvgIpc) is 3.06. The predicted octanol–water partition coefficient (Wildman–Crippen LogP) is 3.63. The quantitative estimate of drug-likeness (QED) is 0.757. The van der Waals surface area contributed by atoms with E-state index in [1.165, 1.54) is 18.2 Å². The van der Waals surface area contributed by atoms with E-state index in [-0.39, 0.29) is 12.5 Å². The summed E-state index contributed by atoms with van der Waals surface area (Å²) < 4.78 is 5.63. The van der Waals surface area contributed by atoms with Gasteiger partial charge in [0.2, 0.25) is 11.1 Å². The fourth-order valence-corrected chi connectivity index (χ4v) is 4.02. The Hall–Kier alpha value is -1.73. The van der Waals surface area contributed by atoms with Crippen LogP contribution in [0.1, 0.15) is 26.1 Å². The van der Waals surface area contributed by atoms with Gasteiger partial charge in [-0.05, 0) is 42.5 Å². The van der Waals surface area contributed by atoms with Crippen LogP contribution in [0.25, 0.3) is 0 Å². The first-order chi connectivity index (χ1) is 12.5. The molecule has 140 valence electrons. The third-order valence-corrected chi connectivity index (χ3v) is 5.33. The minimum Gasteiger partial charge on any atom is -0.486 e. The molecule has 3 rings (SSSR count). The number of benzene rings is 1. The lowest BCUT2D eigenvalue weighted by molar-refractivity contribution is -0.130. The van der Waals surface area contributed by atoms with Gasteiger partial charge in [0.25, 0.3) is 0 Å². The molecular formula is C18H23ClN4O2S. The molecule has 2 atom stereocenters. The van der Waals surface area contributed by atoms with Crippen molar-refractivity contribution in [2.24, 2.45) is 11.8 Å². The van der Waals surface area contributed by atoms with Gasteiger partial charge < -0.3 is 9.64 Å². The van der Waals surface area contributed by atoms with E-state index < -0.39 is 0 Å². The van der Waals surface area contributed by atoms with E-state index in [1.807, 2.05) is 4.90 Å². The first-order valence-corrected chi connectivity index (χ1v) is 10.1. The zero-order valence-electron chi connectivity index (χ0n) is 14.9. The number of hydrogen-bond donors (Lipinski definition) is 1. The number of ether oxygens (including phenoxy) is 1. The molecule has 1 saturated heterocycles. The number of thioether (sulfide) groups is 1. The highest BCUT2D eigenvalue weighted by atomic mass is 35.5. The number of carbonyl (C=O) groups excluding carboxylic acids is 1. The topological polar surface area (TPSA) is 71.1 Å². The van der Waals surface area contributed by atoms with Gasteiger partial charge in [-0.25, -0.2) is 4.98 Å². The highest BCUT2D eigenvalue weighted by Gasteiger charge is 2.25.